The van der Waals surface area contributed by atoms with Gasteiger partial charge in [-0.05, 0) is 22.3 Å². The summed E-state index contributed by atoms with van der Waals surface area (Å²) in [7, 11) is -10.7. The van der Waals surface area contributed by atoms with Crippen molar-refractivity contribution in [3.8, 4) is 0 Å². The summed E-state index contributed by atoms with van der Waals surface area (Å²) in [5, 5.41) is 15.6. The molecule has 4 aromatic rings. The Morgan fingerprint density at radius 2 is 1.05 bits per heavy atom. The fourth-order valence-electron chi connectivity index (χ4n) is 6.83. The smallest absolute Gasteiger partial charge is 0.735 e. The summed E-state index contributed by atoms with van der Waals surface area (Å²) in [5.41, 5.74) is 2.75. The minimum absolute atomic E-state index is 0. The van der Waals surface area contributed by atoms with E-state index >= 15 is 0 Å². The van der Waals surface area contributed by atoms with Gasteiger partial charge in [0.1, 0.15) is 36.6 Å². The molecule has 17 nitrogen and oxygen atoms in total. The second kappa shape index (κ2) is 26.8. The zero-order chi connectivity index (χ0) is 41.8. The second-order valence-corrected chi connectivity index (χ2v) is 16.0. The first-order valence-corrected chi connectivity index (χ1v) is 21.3. The van der Waals surface area contributed by atoms with Crippen LogP contribution in [0, 0.1) is 0 Å². The Morgan fingerprint density at radius 1 is 0.629 bits per heavy atom. The molecule has 2 heterocycles. The number of piperidine rings is 1. The average Bonchev–Trinajstić information content (AvgIpc) is 3.22. The van der Waals surface area contributed by atoms with E-state index in [9.17, 15) is 35.8 Å². The molecule has 2 fully saturated rings. The van der Waals surface area contributed by atoms with Crippen molar-refractivity contribution in [2.24, 2.45) is 0 Å². The van der Waals surface area contributed by atoms with E-state index in [0.29, 0.717) is 16.7 Å². The summed E-state index contributed by atoms with van der Waals surface area (Å²) in [6.45, 7) is -1.34. The van der Waals surface area contributed by atoms with Crippen LogP contribution < -0.4 is 104 Å². The van der Waals surface area contributed by atoms with Crippen LogP contribution in [0.15, 0.2) is 121 Å². The molecule has 2 saturated heterocycles. The van der Waals surface area contributed by atoms with Gasteiger partial charge in [-0.25, -0.2) is 21.6 Å². The summed E-state index contributed by atoms with van der Waals surface area (Å²) < 4.78 is 117. The third-order valence-electron chi connectivity index (χ3n) is 9.57. The van der Waals surface area contributed by atoms with E-state index in [1.165, 1.54) is 0 Å². The van der Waals surface area contributed by atoms with Gasteiger partial charge >= 0.3 is 88.7 Å². The molecule has 22 heteroatoms. The van der Waals surface area contributed by atoms with E-state index in [-0.39, 0.29) is 122 Å². The number of ether oxygens (including phenoxy) is 6. The fourth-order valence-corrected chi connectivity index (χ4v) is 7.71. The number of carboxylic acids is 1. The average molecular weight is 925 g/mol. The van der Waals surface area contributed by atoms with Crippen molar-refractivity contribution >= 4 is 26.7 Å². The third-order valence-corrected chi connectivity index (χ3v) is 10.6. The predicted octanol–water partition coefficient (Wildman–Crippen LogP) is -7.93. The normalized spacial score (nSPS) is 25.0. The number of carbonyl (C=O) groups excluding carboxylic acids is 1. The molecule has 2 aliphatic rings. The molecular formula is C40H43N2Na3O15S2. The second-order valence-electron chi connectivity index (χ2n) is 13.8. The Morgan fingerprint density at radius 3 is 1.47 bits per heavy atom. The summed E-state index contributed by atoms with van der Waals surface area (Å²) in [6, 6.07) is 32.0. The first kappa shape index (κ1) is 55.1. The summed E-state index contributed by atoms with van der Waals surface area (Å²) in [4.78, 5) is 12.8. The summed E-state index contributed by atoms with van der Waals surface area (Å²) in [6.07, 6.45) is -10.2. The van der Waals surface area contributed by atoms with Crippen LogP contribution in [0.1, 0.15) is 22.3 Å². The van der Waals surface area contributed by atoms with Gasteiger partial charge in [0.15, 0.2) is 16.6 Å². The molecule has 2 N–H and O–H groups in total. The summed E-state index contributed by atoms with van der Waals surface area (Å²) in [5.74, 6) is -1.63. The SMILES string of the molecule is O=C([O-])[C@@H]1NC[C@H](OCc2ccccc2)[C@@H](OCc2ccccc2)[C@@H]1O[C@H]1O[C@H](COS(=O)(=O)[O-])[C@@H](OCc2ccccc2)[C@H](OCc2ccccc2)[C@H]1NS(=O)(=O)[O-].[Na+].[Na+].[Na+]. The van der Waals surface area contributed by atoms with E-state index in [4.69, 9.17) is 28.4 Å². The van der Waals surface area contributed by atoms with Gasteiger partial charge in [0.05, 0.1) is 51.1 Å². The molecule has 2 aliphatic heterocycles. The van der Waals surface area contributed by atoms with Crippen molar-refractivity contribution in [2.75, 3.05) is 13.2 Å². The molecule has 318 valence electrons. The monoisotopic (exact) mass is 924 g/mol. The van der Waals surface area contributed by atoms with Crippen molar-refractivity contribution < 1.29 is 157 Å². The fraction of sp³-hybridized carbons (Fsp3) is 0.375. The van der Waals surface area contributed by atoms with Crippen LogP contribution in [0.3, 0.4) is 0 Å². The molecule has 0 aliphatic carbocycles. The van der Waals surface area contributed by atoms with Crippen LogP contribution in [0.5, 0.6) is 0 Å². The molecule has 0 amide bonds. The topological polar surface area (TPSA) is 243 Å². The van der Waals surface area contributed by atoms with Crippen LogP contribution in [-0.2, 0) is 84.5 Å². The van der Waals surface area contributed by atoms with Crippen LogP contribution >= 0.6 is 0 Å². The Balaban J connectivity index is 0.00000341. The first-order chi connectivity index (χ1) is 28.3. The van der Waals surface area contributed by atoms with Crippen molar-refractivity contribution in [3.63, 3.8) is 0 Å². The number of benzene rings is 4. The van der Waals surface area contributed by atoms with Crippen molar-refractivity contribution in [3.05, 3.63) is 144 Å². The van der Waals surface area contributed by atoms with Gasteiger partial charge < -0.3 is 52.7 Å². The molecule has 0 unspecified atom stereocenters. The molecule has 0 saturated carbocycles. The molecule has 0 radical (unpaired) electrons. The predicted molar refractivity (Wildman–Crippen MR) is 203 cm³/mol. The van der Waals surface area contributed by atoms with E-state index in [1.807, 2.05) is 35.1 Å². The zero-order valence-electron chi connectivity index (χ0n) is 34.4. The molecule has 62 heavy (non-hydrogen) atoms. The molecule has 0 spiro atoms. The van der Waals surface area contributed by atoms with E-state index in [2.05, 4.69) is 9.50 Å². The van der Waals surface area contributed by atoms with Gasteiger partial charge in [0.2, 0.25) is 10.4 Å². The van der Waals surface area contributed by atoms with Gasteiger partial charge in [-0.2, -0.15) is 0 Å². The number of carbonyl (C=O) groups is 1. The first-order valence-electron chi connectivity index (χ1n) is 18.5. The van der Waals surface area contributed by atoms with Crippen LogP contribution in [0.25, 0.3) is 0 Å². The van der Waals surface area contributed by atoms with Gasteiger partial charge in [0, 0.05) is 6.54 Å². The number of hydrogen-bond donors (Lipinski definition) is 2. The Hall–Kier alpha value is -1.19. The zero-order valence-corrected chi connectivity index (χ0v) is 42.1. The largest absolute Gasteiger partial charge is 1.00 e. The number of hydrogen-bond acceptors (Lipinski definition) is 16. The third kappa shape index (κ3) is 17.2. The van der Waals surface area contributed by atoms with Gasteiger partial charge in [-0.15, -0.1) is 0 Å². The van der Waals surface area contributed by atoms with Crippen molar-refractivity contribution in [2.45, 2.75) is 81.4 Å². The Kier molecular flexibility index (Phi) is 23.9. The van der Waals surface area contributed by atoms with Gasteiger partial charge in [-0.1, -0.05) is 121 Å². The standard InChI is InChI=1S/C40H46N2O15S2.3Na/c43-39(44)33-38(35(52-23-28-15-7-2-8-16-28)31(21-41-33)51-22-27-13-5-1-6-14-27)57-40-34(42-58(45,46)47)37(54-25-30-19-11-4-12-20-30)36(32(56-40)26-55-59(48,49)50)53-24-29-17-9-3-10-18-29;;;/h1-20,31-38,40-42H,21-26H2,(H,43,44)(H,45,46,47)(H,48,49,50);;;/q;3*+1/p-3/t31-,32+,33+,34+,35+,36+,37+,38+,40+;;;/m0.../s1. The maximum absolute atomic E-state index is 12.8. The van der Waals surface area contributed by atoms with Gasteiger partial charge in [0.25, 0.3) is 0 Å². The van der Waals surface area contributed by atoms with E-state index in [1.54, 1.807) is 91.0 Å². The quantitative estimate of drug-likeness (QED) is 0.0475. The van der Waals surface area contributed by atoms with Crippen LogP contribution in [-0.4, -0.2) is 100 Å². The minimum Gasteiger partial charge on any atom is -0.735 e. The molecule has 9 atom stereocenters. The number of carboxylic acid groups (broad SMARTS) is 1. The number of nitrogens with one attached hydrogen (secondary N) is 2. The number of rotatable bonds is 20. The summed E-state index contributed by atoms with van der Waals surface area (Å²) >= 11 is 0. The molecule has 4 aromatic carbocycles. The molecular weight excluding hydrogens is 882 g/mol. The molecule has 6 rings (SSSR count). The van der Waals surface area contributed by atoms with Crippen LogP contribution in [0.4, 0.5) is 0 Å². The maximum Gasteiger partial charge on any atom is 1.00 e. The van der Waals surface area contributed by atoms with E-state index in [0.717, 1.165) is 5.56 Å². The Labute approximate surface area is 427 Å². The molecule has 0 aromatic heterocycles. The van der Waals surface area contributed by atoms with Crippen LogP contribution in [0.2, 0.25) is 0 Å². The number of aliphatic carboxylic acids is 1. The van der Waals surface area contributed by atoms with Crippen molar-refractivity contribution in [1.82, 2.24) is 10.0 Å². The van der Waals surface area contributed by atoms with Gasteiger partial charge in [-0.3, -0.25) is 4.18 Å². The molecule has 0 bridgehead atoms. The Bertz CT molecular complexity index is 2140. The maximum atomic E-state index is 12.8. The van der Waals surface area contributed by atoms with E-state index < -0.39 is 88.3 Å². The van der Waals surface area contributed by atoms with Crippen molar-refractivity contribution in [1.29, 1.82) is 0 Å². The minimum atomic E-state index is -5.37.